The van der Waals surface area contributed by atoms with E-state index in [0.29, 0.717) is 13.1 Å². The monoisotopic (exact) mass is 392 g/mol. The summed E-state index contributed by atoms with van der Waals surface area (Å²) in [6, 6.07) is 16.2. The van der Waals surface area contributed by atoms with Gasteiger partial charge in [-0.05, 0) is 63.6 Å². The smallest absolute Gasteiger partial charge is 0.227 e. The fourth-order valence-electron chi connectivity index (χ4n) is 4.20. The molecule has 0 spiro atoms. The first kappa shape index (κ1) is 21.1. The van der Waals surface area contributed by atoms with Crippen molar-refractivity contribution in [3.8, 4) is 0 Å². The van der Waals surface area contributed by atoms with Gasteiger partial charge in [0, 0.05) is 30.6 Å². The van der Waals surface area contributed by atoms with Crippen molar-refractivity contribution in [3.63, 3.8) is 0 Å². The van der Waals surface area contributed by atoms with Gasteiger partial charge in [-0.25, -0.2) is 0 Å². The third-order valence-corrected chi connectivity index (χ3v) is 6.00. The molecular formula is C25H32N2O2. The normalized spacial score (nSPS) is 18.9. The molecule has 1 saturated carbocycles. The Morgan fingerprint density at radius 3 is 2.24 bits per heavy atom. The Labute approximate surface area is 174 Å². The molecule has 2 aromatic rings. The van der Waals surface area contributed by atoms with Crippen LogP contribution in [0.15, 0.2) is 48.5 Å². The molecule has 4 nitrogen and oxygen atoms in total. The Morgan fingerprint density at radius 2 is 1.62 bits per heavy atom. The minimum absolute atomic E-state index is 0.0102. The minimum Gasteiger partial charge on any atom is -0.338 e. The van der Waals surface area contributed by atoms with E-state index >= 15 is 0 Å². The van der Waals surface area contributed by atoms with Gasteiger partial charge in [0.05, 0.1) is 0 Å². The molecule has 1 aliphatic rings. The molecule has 0 unspecified atom stereocenters. The number of aryl methyl sites for hydroxylation is 2. The maximum atomic E-state index is 13.0. The lowest BCUT2D eigenvalue weighted by Crippen LogP contribution is -2.38. The highest BCUT2D eigenvalue weighted by atomic mass is 16.2. The number of benzene rings is 2. The molecule has 0 radical (unpaired) electrons. The molecule has 2 aromatic carbocycles. The Hall–Kier alpha value is -2.62. The Balaban J connectivity index is 1.53. The van der Waals surface area contributed by atoms with Crippen LogP contribution in [-0.4, -0.2) is 23.3 Å². The fourth-order valence-corrected chi connectivity index (χ4v) is 4.20. The van der Waals surface area contributed by atoms with E-state index in [9.17, 15) is 9.59 Å². The highest BCUT2D eigenvalue weighted by Crippen LogP contribution is 2.31. The van der Waals surface area contributed by atoms with E-state index in [0.717, 1.165) is 42.5 Å². The van der Waals surface area contributed by atoms with Gasteiger partial charge in [0.1, 0.15) is 0 Å². The molecule has 0 heterocycles. The summed E-state index contributed by atoms with van der Waals surface area (Å²) < 4.78 is 0. The van der Waals surface area contributed by atoms with E-state index in [1.165, 1.54) is 5.56 Å². The Morgan fingerprint density at radius 1 is 0.966 bits per heavy atom. The second-order valence-corrected chi connectivity index (χ2v) is 8.19. The Bertz CT molecular complexity index is 839. The van der Waals surface area contributed by atoms with Crippen LogP contribution in [-0.2, 0) is 16.1 Å². The van der Waals surface area contributed by atoms with Crippen LogP contribution in [0.2, 0.25) is 0 Å². The van der Waals surface area contributed by atoms with Gasteiger partial charge in [0.2, 0.25) is 11.8 Å². The van der Waals surface area contributed by atoms with E-state index in [-0.39, 0.29) is 23.7 Å². The molecule has 154 valence electrons. The first-order valence-corrected chi connectivity index (χ1v) is 10.7. The highest BCUT2D eigenvalue weighted by Gasteiger charge is 2.32. The van der Waals surface area contributed by atoms with E-state index in [4.69, 9.17) is 0 Å². The van der Waals surface area contributed by atoms with Gasteiger partial charge < -0.3 is 10.2 Å². The van der Waals surface area contributed by atoms with Crippen molar-refractivity contribution in [2.75, 3.05) is 11.9 Å². The molecule has 3 rings (SSSR count). The third kappa shape index (κ3) is 5.47. The topological polar surface area (TPSA) is 49.4 Å². The van der Waals surface area contributed by atoms with E-state index < -0.39 is 0 Å². The number of anilines is 1. The predicted octanol–water partition coefficient (Wildman–Crippen LogP) is 5.10. The molecular weight excluding hydrogens is 360 g/mol. The summed E-state index contributed by atoms with van der Waals surface area (Å²) in [7, 11) is 0. The lowest BCUT2D eigenvalue weighted by Gasteiger charge is -2.31. The first-order chi connectivity index (χ1) is 14.0. The third-order valence-electron chi connectivity index (χ3n) is 6.00. The zero-order chi connectivity index (χ0) is 20.8. The number of carbonyl (C=O) groups excluding carboxylic acids is 2. The SMILES string of the molecule is CCN(Cc1ccccc1)C(=O)C1CCC(C(=O)Nc2ccc(C)cc2C)CC1. The fraction of sp³-hybridized carbons (Fsp3) is 0.440. The van der Waals surface area contributed by atoms with Gasteiger partial charge >= 0.3 is 0 Å². The average molecular weight is 393 g/mol. The standard InChI is InChI=1S/C25H32N2O2/c1-4-27(17-20-8-6-5-7-9-20)25(29)22-13-11-21(12-14-22)24(28)26-23-15-10-18(2)16-19(23)3/h5-10,15-16,21-22H,4,11-14,17H2,1-3H3,(H,26,28). The number of nitrogens with zero attached hydrogens (tertiary/aromatic N) is 1. The molecule has 0 bridgehead atoms. The van der Waals surface area contributed by atoms with Crippen molar-refractivity contribution in [1.82, 2.24) is 4.90 Å². The van der Waals surface area contributed by atoms with Crippen molar-refractivity contribution < 1.29 is 9.59 Å². The van der Waals surface area contributed by atoms with Gasteiger partial charge in [-0.2, -0.15) is 0 Å². The van der Waals surface area contributed by atoms with Crippen molar-refractivity contribution in [3.05, 3.63) is 65.2 Å². The largest absolute Gasteiger partial charge is 0.338 e. The first-order valence-electron chi connectivity index (χ1n) is 10.7. The van der Waals surface area contributed by atoms with E-state index in [1.807, 2.05) is 56.0 Å². The van der Waals surface area contributed by atoms with Crippen LogP contribution in [0.25, 0.3) is 0 Å². The number of rotatable bonds is 6. The summed E-state index contributed by atoms with van der Waals surface area (Å²) >= 11 is 0. The van der Waals surface area contributed by atoms with E-state index in [2.05, 4.69) is 23.5 Å². The maximum absolute atomic E-state index is 13.0. The molecule has 29 heavy (non-hydrogen) atoms. The highest BCUT2D eigenvalue weighted by molar-refractivity contribution is 5.93. The van der Waals surface area contributed by atoms with Gasteiger partial charge in [-0.15, -0.1) is 0 Å². The number of amides is 2. The number of nitrogens with one attached hydrogen (secondary N) is 1. The summed E-state index contributed by atoms with van der Waals surface area (Å²) in [6.45, 7) is 7.46. The van der Waals surface area contributed by atoms with Crippen molar-refractivity contribution >= 4 is 17.5 Å². The maximum Gasteiger partial charge on any atom is 0.227 e. The summed E-state index contributed by atoms with van der Waals surface area (Å²) in [5.74, 6) is 0.330. The summed E-state index contributed by atoms with van der Waals surface area (Å²) in [6.07, 6.45) is 3.12. The molecule has 0 aliphatic heterocycles. The number of hydrogen-bond donors (Lipinski definition) is 1. The molecule has 1 aliphatic carbocycles. The Kier molecular flexibility index (Phi) is 7.08. The van der Waals surface area contributed by atoms with Crippen molar-refractivity contribution in [1.29, 1.82) is 0 Å². The van der Waals surface area contributed by atoms with Crippen LogP contribution >= 0.6 is 0 Å². The predicted molar refractivity (Wildman–Crippen MR) is 118 cm³/mol. The van der Waals surface area contributed by atoms with Crippen molar-refractivity contribution in [2.24, 2.45) is 11.8 Å². The molecule has 0 aromatic heterocycles. The second kappa shape index (κ2) is 9.73. The van der Waals surface area contributed by atoms with Crippen molar-refractivity contribution in [2.45, 2.75) is 53.0 Å². The molecule has 0 atom stereocenters. The summed E-state index contributed by atoms with van der Waals surface area (Å²) in [4.78, 5) is 27.6. The quantitative estimate of drug-likeness (QED) is 0.744. The number of carbonyl (C=O) groups is 2. The minimum atomic E-state index is -0.0102. The van der Waals surface area contributed by atoms with Crippen LogP contribution in [0, 0.1) is 25.7 Å². The zero-order valence-electron chi connectivity index (χ0n) is 17.8. The van der Waals surface area contributed by atoms with Gasteiger partial charge in [0.25, 0.3) is 0 Å². The van der Waals surface area contributed by atoms with Gasteiger partial charge in [-0.1, -0.05) is 48.0 Å². The number of hydrogen-bond acceptors (Lipinski definition) is 2. The molecule has 4 heteroatoms. The molecule has 1 fully saturated rings. The molecule has 0 saturated heterocycles. The van der Waals surface area contributed by atoms with Gasteiger partial charge in [-0.3, -0.25) is 9.59 Å². The summed E-state index contributed by atoms with van der Waals surface area (Å²) in [5.41, 5.74) is 4.32. The average Bonchev–Trinajstić information content (AvgIpc) is 2.74. The lowest BCUT2D eigenvalue weighted by atomic mass is 9.80. The van der Waals surface area contributed by atoms with Crippen LogP contribution in [0.4, 0.5) is 5.69 Å². The van der Waals surface area contributed by atoms with Crippen LogP contribution < -0.4 is 5.32 Å². The van der Waals surface area contributed by atoms with Crippen LogP contribution in [0.5, 0.6) is 0 Å². The zero-order valence-corrected chi connectivity index (χ0v) is 17.8. The second-order valence-electron chi connectivity index (χ2n) is 8.19. The van der Waals surface area contributed by atoms with Crippen LogP contribution in [0.1, 0.15) is 49.3 Å². The lowest BCUT2D eigenvalue weighted by molar-refractivity contribution is -0.138. The molecule has 1 N–H and O–H groups in total. The van der Waals surface area contributed by atoms with Gasteiger partial charge in [0.15, 0.2) is 0 Å². The molecule has 2 amide bonds. The summed E-state index contributed by atoms with van der Waals surface area (Å²) in [5, 5.41) is 3.08. The van der Waals surface area contributed by atoms with E-state index in [1.54, 1.807) is 0 Å². The van der Waals surface area contributed by atoms with Crippen LogP contribution in [0.3, 0.4) is 0 Å².